The van der Waals surface area contributed by atoms with Crippen molar-refractivity contribution in [1.29, 1.82) is 0 Å². The Bertz CT molecular complexity index is 475. The normalized spacial score (nSPS) is 22.5. The van der Waals surface area contributed by atoms with Crippen LogP contribution in [0.2, 0.25) is 0 Å². The van der Waals surface area contributed by atoms with Crippen molar-refractivity contribution < 1.29 is 9.59 Å². The summed E-state index contributed by atoms with van der Waals surface area (Å²) in [7, 11) is 3.59. The van der Waals surface area contributed by atoms with Gasteiger partial charge >= 0.3 is 0 Å². The van der Waals surface area contributed by atoms with Gasteiger partial charge in [0.15, 0.2) is 0 Å². The average molecular weight is 275 g/mol. The molecule has 2 amide bonds. The van der Waals surface area contributed by atoms with Crippen LogP contribution in [0.15, 0.2) is 30.3 Å². The van der Waals surface area contributed by atoms with E-state index in [1.807, 2.05) is 37.4 Å². The van der Waals surface area contributed by atoms with Gasteiger partial charge < -0.3 is 15.5 Å². The number of carbonyl (C=O) groups is 2. The van der Waals surface area contributed by atoms with Crippen molar-refractivity contribution in [2.75, 3.05) is 27.2 Å². The second-order valence-corrected chi connectivity index (χ2v) is 5.28. The molecule has 2 rings (SSSR count). The zero-order valence-corrected chi connectivity index (χ0v) is 11.9. The second kappa shape index (κ2) is 6.52. The van der Waals surface area contributed by atoms with Crippen LogP contribution >= 0.6 is 0 Å². The molecule has 0 aliphatic carbocycles. The Morgan fingerprint density at radius 1 is 1.25 bits per heavy atom. The Labute approximate surface area is 119 Å². The minimum atomic E-state index is -0.176. The molecule has 0 saturated carbocycles. The average Bonchev–Trinajstić information content (AvgIpc) is 2.79. The van der Waals surface area contributed by atoms with Crippen molar-refractivity contribution in [3.8, 4) is 0 Å². The van der Waals surface area contributed by atoms with Crippen molar-refractivity contribution in [2.45, 2.75) is 12.5 Å². The quantitative estimate of drug-likeness (QED) is 0.814. The molecule has 1 aliphatic heterocycles. The number of hydrogen-bond acceptors (Lipinski definition) is 3. The van der Waals surface area contributed by atoms with Crippen LogP contribution in [0.5, 0.6) is 0 Å². The van der Waals surface area contributed by atoms with Crippen molar-refractivity contribution in [1.82, 2.24) is 15.5 Å². The zero-order chi connectivity index (χ0) is 14.5. The van der Waals surface area contributed by atoms with Gasteiger partial charge in [0.1, 0.15) is 0 Å². The summed E-state index contributed by atoms with van der Waals surface area (Å²) in [6, 6.07) is 9.50. The van der Waals surface area contributed by atoms with Crippen molar-refractivity contribution >= 4 is 11.8 Å². The number of nitrogens with one attached hydrogen (secondary N) is 2. The molecule has 5 heteroatoms. The Hall–Kier alpha value is -1.88. The molecule has 108 valence electrons. The largest absolute Gasteiger partial charge is 0.359 e. The van der Waals surface area contributed by atoms with E-state index in [2.05, 4.69) is 15.5 Å². The highest BCUT2D eigenvalue weighted by molar-refractivity contribution is 5.83. The second-order valence-electron chi connectivity index (χ2n) is 5.28. The van der Waals surface area contributed by atoms with Crippen LogP contribution in [-0.4, -0.2) is 49.9 Å². The molecule has 0 bridgehead atoms. The number of benzene rings is 1. The Morgan fingerprint density at radius 2 is 1.95 bits per heavy atom. The first-order valence-corrected chi connectivity index (χ1v) is 6.83. The van der Waals surface area contributed by atoms with Crippen LogP contribution in [-0.2, 0) is 16.0 Å². The molecule has 1 heterocycles. The maximum Gasteiger partial charge on any atom is 0.226 e. The van der Waals surface area contributed by atoms with Crippen LogP contribution in [0, 0.1) is 5.92 Å². The lowest BCUT2D eigenvalue weighted by Gasteiger charge is -2.18. The number of hydrogen-bond donors (Lipinski definition) is 2. The molecular weight excluding hydrogens is 254 g/mol. The molecule has 1 aliphatic rings. The fraction of sp³-hybridized carbons (Fsp3) is 0.467. The Kier molecular flexibility index (Phi) is 4.74. The molecule has 0 aromatic heterocycles. The van der Waals surface area contributed by atoms with Crippen LogP contribution < -0.4 is 10.6 Å². The molecule has 20 heavy (non-hydrogen) atoms. The predicted octanol–water partition coefficient (Wildman–Crippen LogP) is 0.0215. The number of rotatable bonds is 4. The highest BCUT2D eigenvalue weighted by Gasteiger charge is 2.36. The van der Waals surface area contributed by atoms with Crippen molar-refractivity contribution in [3.05, 3.63) is 35.9 Å². The minimum absolute atomic E-state index is 0.0145. The molecule has 2 unspecified atom stereocenters. The summed E-state index contributed by atoms with van der Waals surface area (Å²) >= 11 is 0. The third kappa shape index (κ3) is 3.57. The first-order chi connectivity index (χ1) is 9.60. The molecule has 5 nitrogen and oxygen atoms in total. The van der Waals surface area contributed by atoms with Gasteiger partial charge in [0.2, 0.25) is 11.8 Å². The number of likely N-dealkylation sites (N-methyl/N-ethyl adjacent to an activating group) is 1. The van der Waals surface area contributed by atoms with Gasteiger partial charge in [-0.1, -0.05) is 30.3 Å². The third-order valence-electron chi connectivity index (χ3n) is 3.64. The Morgan fingerprint density at radius 3 is 2.60 bits per heavy atom. The zero-order valence-electron chi connectivity index (χ0n) is 11.9. The maximum atomic E-state index is 12.1. The standard InChI is InChI=1S/C15H21N3O2/c1-16-15(20)12-9-18(2)10-13(12)17-14(19)8-11-6-4-3-5-7-11/h3-7,12-13H,8-10H2,1-2H3,(H,16,20)(H,17,19). The van der Waals surface area contributed by atoms with E-state index in [-0.39, 0.29) is 23.8 Å². The summed E-state index contributed by atoms with van der Waals surface area (Å²) in [4.78, 5) is 26.0. The molecular formula is C15H21N3O2. The summed E-state index contributed by atoms with van der Waals surface area (Å²) in [6.07, 6.45) is 0.349. The maximum absolute atomic E-state index is 12.1. The van der Waals surface area contributed by atoms with Crippen molar-refractivity contribution in [2.24, 2.45) is 5.92 Å². The number of likely N-dealkylation sites (tertiary alicyclic amines) is 1. The van der Waals surface area contributed by atoms with E-state index >= 15 is 0 Å². The summed E-state index contributed by atoms with van der Waals surface area (Å²) in [5, 5.41) is 5.65. The molecule has 2 atom stereocenters. The SMILES string of the molecule is CNC(=O)C1CN(C)CC1NC(=O)Cc1ccccc1. The molecule has 1 fully saturated rings. The topological polar surface area (TPSA) is 61.4 Å². The monoisotopic (exact) mass is 275 g/mol. The van der Waals surface area contributed by atoms with Gasteiger partial charge in [-0.3, -0.25) is 9.59 Å². The smallest absolute Gasteiger partial charge is 0.226 e. The lowest BCUT2D eigenvalue weighted by Crippen LogP contribution is -2.46. The number of amides is 2. The van der Waals surface area contributed by atoms with Gasteiger partial charge in [0, 0.05) is 20.1 Å². The van der Waals surface area contributed by atoms with Gasteiger partial charge in [-0.2, -0.15) is 0 Å². The third-order valence-corrected chi connectivity index (χ3v) is 3.64. The first kappa shape index (κ1) is 14.5. The van der Waals surface area contributed by atoms with Gasteiger partial charge in [0.05, 0.1) is 18.4 Å². The lowest BCUT2D eigenvalue weighted by molar-refractivity contribution is -0.125. The van der Waals surface area contributed by atoms with E-state index in [1.165, 1.54) is 0 Å². The van der Waals surface area contributed by atoms with Gasteiger partial charge in [-0.25, -0.2) is 0 Å². The molecule has 1 aromatic carbocycles. The number of nitrogens with zero attached hydrogens (tertiary/aromatic N) is 1. The fourth-order valence-corrected chi connectivity index (χ4v) is 2.64. The Balaban J connectivity index is 1.94. The van der Waals surface area contributed by atoms with Gasteiger partial charge in [-0.05, 0) is 12.6 Å². The van der Waals surface area contributed by atoms with E-state index in [9.17, 15) is 9.59 Å². The fourth-order valence-electron chi connectivity index (χ4n) is 2.64. The minimum Gasteiger partial charge on any atom is -0.359 e. The predicted molar refractivity (Wildman–Crippen MR) is 77.1 cm³/mol. The van der Waals surface area contributed by atoms with Gasteiger partial charge in [-0.15, -0.1) is 0 Å². The number of carbonyl (C=O) groups excluding carboxylic acids is 2. The van der Waals surface area contributed by atoms with E-state index in [0.717, 1.165) is 5.56 Å². The summed E-state index contributed by atoms with van der Waals surface area (Å²) in [5.74, 6) is -0.227. The lowest BCUT2D eigenvalue weighted by atomic mass is 10.0. The highest BCUT2D eigenvalue weighted by Crippen LogP contribution is 2.16. The van der Waals surface area contributed by atoms with E-state index in [1.54, 1.807) is 7.05 Å². The molecule has 1 aromatic rings. The molecule has 2 N–H and O–H groups in total. The highest BCUT2D eigenvalue weighted by atomic mass is 16.2. The van der Waals surface area contributed by atoms with E-state index in [0.29, 0.717) is 19.5 Å². The summed E-state index contributed by atoms with van der Waals surface area (Å²) < 4.78 is 0. The molecule has 0 radical (unpaired) electrons. The van der Waals surface area contributed by atoms with Crippen LogP contribution in [0.1, 0.15) is 5.56 Å². The molecule has 1 saturated heterocycles. The van der Waals surface area contributed by atoms with Crippen LogP contribution in [0.25, 0.3) is 0 Å². The van der Waals surface area contributed by atoms with Crippen LogP contribution in [0.4, 0.5) is 0 Å². The van der Waals surface area contributed by atoms with Gasteiger partial charge in [0.25, 0.3) is 0 Å². The van der Waals surface area contributed by atoms with Crippen LogP contribution in [0.3, 0.4) is 0 Å². The first-order valence-electron chi connectivity index (χ1n) is 6.83. The summed E-state index contributed by atoms with van der Waals surface area (Å²) in [6.45, 7) is 1.38. The molecule has 0 spiro atoms. The summed E-state index contributed by atoms with van der Waals surface area (Å²) in [5.41, 5.74) is 0.979. The van der Waals surface area contributed by atoms with Crippen molar-refractivity contribution in [3.63, 3.8) is 0 Å². The van der Waals surface area contributed by atoms with E-state index in [4.69, 9.17) is 0 Å². The van der Waals surface area contributed by atoms with E-state index < -0.39 is 0 Å².